The minimum atomic E-state index is -1.42. The number of allylic oxidation sites excluding steroid dienone is 1. The maximum absolute atomic E-state index is 12.9. The van der Waals surface area contributed by atoms with Crippen LogP contribution in [0.3, 0.4) is 0 Å². The molecular formula is C21H18N2O7. The summed E-state index contributed by atoms with van der Waals surface area (Å²) < 4.78 is 22.4. The lowest BCUT2D eigenvalue weighted by molar-refractivity contribution is -0.384. The number of carbonyl (C=O) groups is 1. The SMILES string of the molecule is COc1cc2c(c(OC)c1OC)C1(C=C/C(=C/c3ccc([N+](=O)[O-])cc3)O1)C(=O)N2. The first-order valence-electron chi connectivity index (χ1n) is 8.92. The number of rotatable bonds is 5. The van der Waals surface area contributed by atoms with Crippen molar-refractivity contribution < 1.29 is 28.7 Å². The Morgan fingerprint density at radius 2 is 1.80 bits per heavy atom. The summed E-state index contributed by atoms with van der Waals surface area (Å²) in [7, 11) is 4.45. The molecule has 0 fully saturated rings. The fourth-order valence-electron chi connectivity index (χ4n) is 3.60. The van der Waals surface area contributed by atoms with Crippen molar-refractivity contribution in [2.75, 3.05) is 26.6 Å². The first kappa shape index (κ1) is 19.3. The second-order valence-electron chi connectivity index (χ2n) is 6.59. The average Bonchev–Trinajstić information content (AvgIpc) is 3.28. The van der Waals surface area contributed by atoms with Crippen LogP contribution in [-0.2, 0) is 15.1 Å². The Morgan fingerprint density at radius 1 is 1.10 bits per heavy atom. The van der Waals surface area contributed by atoms with E-state index in [9.17, 15) is 14.9 Å². The Kier molecular flexibility index (Phi) is 4.57. The van der Waals surface area contributed by atoms with Gasteiger partial charge in [0.1, 0.15) is 5.76 Å². The molecule has 0 aromatic heterocycles. The van der Waals surface area contributed by atoms with Crippen molar-refractivity contribution in [3.05, 3.63) is 69.5 Å². The quantitative estimate of drug-likeness (QED) is 0.594. The molecule has 9 nitrogen and oxygen atoms in total. The van der Waals surface area contributed by atoms with Gasteiger partial charge in [-0.3, -0.25) is 14.9 Å². The molecule has 9 heteroatoms. The third kappa shape index (κ3) is 2.83. The highest BCUT2D eigenvalue weighted by atomic mass is 16.6. The molecule has 30 heavy (non-hydrogen) atoms. The topological polar surface area (TPSA) is 109 Å². The minimum absolute atomic E-state index is 0.00798. The number of hydrogen-bond acceptors (Lipinski definition) is 7. The molecule has 2 aliphatic heterocycles. The van der Waals surface area contributed by atoms with Crippen LogP contribution in [0, 0.1) is 10.1 Å². The van der Waals surface area contributed by atoms with E-state index in [0.29, 0.717) is 39.8 Å². The zero-order chi connectivity index (χ0) is 21.5. The molecule has 2 aromatic carbocycles. The molecule has 1 amide bonds. The Hall–Kier alpha value is -4.01. The molecule has 4 rings (SSSR count). The van der Waals surface area contributed by atoms with E-state index in [2.05, 4.69) is 5.32 Å². The molecular weight excluding hydrogens is 392 g/mol. The van der Waals surface area contributed by atoms with Crippen LogP contribution in [0.5, 0.6) is 17.2 Å². The number of nitro groups is 1. The standard InChI is InChI=1S/C21H18N2O7/c1-27-16-11-15-17(19(29-3)18(16)28-2)21(20(24)22-15)9-8-14(30-21)10-12-4-6-13(7-5-12)23(25)26/h4-11H,1-3H3,(H,22,24)/b14-10-. The van der Waals surface area contributed by atoms with Crippen molar-refractivity contribution in [2.24, 2.45) is 0 Å². The first-order chi connectivity index (χ1) is 14.4. The van der Waals surface area contributed by atoms with Gasteiger partial charge in [-0.05, 0) is 35.9 Å². The van der Waals surface area contributed by atoms with E-state index >= 15 is 0 Å². The number of hydrogen-bond donors (Lipinski definition) is 1. The highest BCUT2D eigenvalue weighted by Gasteiger charge is 2.53. The van der Waals surface area contributed by atoms with Crippen molar-refractivity contribution in [1.82, 2.24) is 0 Å². The number of nitrogens with zero attached hydrogens (tertiary/aromatic N) is 1. The summed E-state index contributed by atoms with van der Waals surface area (Å²) >= 11 is 0. The third-order valence-electron chi connectivity index (χ3n) is 4.96. The summed E-state index contributed by atoms with van der Waals surface area (Å²) in [5, 5.41) is 13.6. The second kappa shape index (κ2) is 7.11. The summed E-state index contributed by atoms with van der Waals surface area (Å²) in [6.07, 6.45) is 5.00. The van der Waals surface area contributed by atoms with Crippen LogP contribution in [0.15, 0.2) is 48.2 Å². The molecule has 154 valence electrons. The number of ether oxygens (including phenoxy) is 4. The van der Waals surface area contributed by atoms with Gasteiger partial charge in [-0.25, -0.2) is 0 Å². The van der Waals surface area contributed by atoms with Gasteiger partial charge in [0.15, 0.2) is 11.5 Å². The number of methoxy groups -OCH3 is 3. The molecule has 1 spiro atoms. The van der Waals surface area contributed by atoms with Crippen LogP contribution < -0.4 is 19.5 Å². The van der Waals surface area contributed by atoms with Crippen LogP contribution >= 0.6 is 0 Å². The number of non-ortho nitro benzene ring substituents is 1. The predicted octanol–water partition coefficient (Wildman–Crippen LogP) is 3.40. The number of nitro benzene ring substituents is 1. The van der Waals surface area contributed by atoms with E-state index in [4.69, 9.17) is 18.9 Å². The number of fused-ring (bicyclic) bond motifs is 2. The average molecular weight is 410 g/mol. The summed E-state index contributed by atoms with van der Waals surface area (Å²) in [6.45, 7) is 0. The van der Waals surface area contributed by atoms with E-state index in [0.717, 1.165) is 0 Å². The summed E-state index contributed by atoms with van der Waals surface area (Å²) in [5.41, 5.74) is 0.237. The number of benzene rings is 2. The highest BCUT2D eigenvalue weighted by molar-refractivity contribution is 6.09. The van der Waals surface area contributed by atoms with Crippen molar-refractivity contribution in [3.8, 4) is 17.2 Å². The minimum Gasteiger partial charge on any atom is -0.493 e. The summed E-state index contributed by atoms with van der Waals surface area (Å²) in [4.78, 5) is 23.3. The molecule has 1 atom stereocenters. The molecule has 1 unspecified atom stereocenters. The molecule has 1 N–H and O–H groups in total. The lowest BCUT2D eigenvalue weighted by atomic mass is 9.94. The van der Waals surface area contributed by atoms with Crippen LogP contribution in [-0.4, -0.2) is 32.2 Å². The van der Waals surface area contributed by atoms with Gasteiger partial charge in [0.2, 0.25) is 11.4 Å². The predicted molar refractivity (Wildman–Crippen MR) is 108 cm³/mol. The van der Waals surface area contributed by atoms with E-state index in [1.165, 1.54) is 33.5 Å². The lowest BCUT2D eigenvalue weighted by Gasteiger charge is -2.24. The van der Waals surface area contributed by atoms with Crippen LogP contribution in [0.4, 0.5) is 11.4 Å². The van der Waals surface area contributed by atoms with Crippen LogP contribution in [0.2, 0.25) is 0 Å². The number of anilines is 1. The normalized spacial score (nSPS) is 20.1. The van der Waals surface area contributed by atoms with E-state index in [-0.39, 0.29) is 11.6 Å². The van der Waals surface area contributed by atoms with E-state index < -0.39 is 10.5 Å². The maximum atomic E-state index is 12.9. The Morgan fingerprint density at radius 3 is 2.40 bits per heavy atom. The molecule has 0 saturated heterocycles. The Bertz CT molecular complexity index is 1110. The molecule has 0 bridgehead atoms. The van der Waals surface area contributed by atoms with Gasteiger partial charge in [-0.15, -0.1) is 0 Å². The largest absolute Gasteiger partial charge is 0.493 e. The fourth-order valence-corrected chi connectivity index (χ4v) is 3.60. The van der Waals surface area contributed by atoms with Gasteiger partial charge in [-0.1, -0.05) is 0 Å². The zero-order valence-corrected chi connectivity index (χ0v) is 16.4. The van der Waals surface area contributed by atoms with Gasteiger partial charge >= 0.3 is 0 Å². The fraction of sp³-hybridized carbons (Fsp3) is 0.190. The van der Waals surface area contributed by atoms with Crippen molar-refractivity contribution in [2.45, 2.75) is 5.60 Å². The van der Waals surface area contributed by atoms with Gasteiger partial charge in [0, 0.05) is 18.2 Å². The first-order valence-corrected chi connectivity index (χ1v) is 8.92. The number of carbonyl (C=O) groups excluding carboxylic acids is 1. The van der Waals surface area contributed by atoms with Gasteiger partial charge < -0.3 is 24.3 Å². The van der Waals surface area contributed by atoms with Gasteiger partial charge in [-0.2, -0.15) is 0 Å². The lowest BCUT2D eigenvalue weighted by Crippen LogP contribution is -2.32. The molecule has 2 heterocycles. The van der Waals surface area contributed by atoms with Crippen LogP contribution in [0.1, 0.15) is 11.1 Å². The monoisotopic (exact) mass is 410 g/mol. The summed E-state index contributed by atoms with van der Waals surface area (Å²) in [5.74, 6) is 1.12. The molecule has 0 aliphatic carbocycles. The third-order valence-corrected chi connectivity index (χ3v) is 4.96. The smallest absolute Gasteiger partial charge is 0.277 e. The van der Waals surface area contributed by atoms with E-state index in [1.807, 2.05) is 0 Å². The van der Waals surface area contributed by atoms with Crippen molar-refractivity contribution >= 4 is 23.4 Å². The van der Waals surface area contributed by atoms with Gasteiger partial charge in [0.05, 0.1) is 37.5 Å². The molecule has 0 saturated carbocycles. The highest BCUT2D eigenvalue weighted by Crippen LogP contribution is 2.55. The second-order valence-corrected chi connectivity index (χ2v) is 6.59. The van der Waals surface area contributed by atoms with Crippen molar-refractivity contribution in [1.29, 1.82) is 0 Å². The molecule has 2 aliphatic rings. The molecule has 0 radical (unpaired) electrons. The Balaban J connectivity index is 1.75. The Labute approximate surface area is 171 Å². The maximum Gasteiger partial charge on any atom is 0.277 e. The van der Waals surface area contributed by atoms with Crippen LogP contribution in [0.25, 0.3) is 6.08 Å². The van der Waals surface area contributed by atoms with E-state index in [1.54, 1.807) is 36.4 Å². The number of nitrogens with one attached hydrogen (secondary N) is 1. The van der Waals surface area contributed by atoms with Gasteiger partial charge in [0.25, 0.3) is 11.6 Å². The number of amides is 1. The summed E-state index contributed by atoms with van der Waals surface area (Å²) in [6, 6.07) is 7.66. The zero-order valence-electron chi connectivity index (χ0n) is 16.4. The van der Waals surface area contributed by atoms with Crippen molar-refractivity contribution in [3.63, 3.8) is 0 Å². The molecule has 2 aromatic rings.